The zero-order valence-corrected chi connectivity index (χ0v) is 33.7. The normalized spacial score (nSPS) is 12.9. The Balaban J connectivity index is -0.00000840. The standard InChI is InChI=1S/C30H58O10S2.2Na/c1-3-5-7-9-11-13-15-17-19-21-23-27(41(33,34)35)29(31)39-25-26-40-30(32)28(42(36,37)38)24-22-20-18-16-14-12-10-8-6-4-2;;/h27-28H,3-26H2,1-2H3,(H,33,34,35)(H,36,37,38);;/q;2*+1/p-2. The molecule has 0 rings (SSSR count). The van der Waals surface area contributed by atoms with E-state index in [1.807, 2.05) is 0 Å². The van der Waals surface area contributed by atoms with Gasteiger partial charge >= 0.3 is 71.1 Å². The Morgan fingerprint density at radius 1 is 0.477 bits per heavy atom. The van der Waals surface area contributed by atoms with E-state index in [1.54, 1.807) is 0 Å². The molecule has 0 aliphatic heterocycles. The molecular formula is C30H56Na2O10S2. The fourth-order valence-corrected chi connectivity index (χ4v) is 6.38. The van der Waals surface area contributed by atoms with Gasteiger partial charge in [0.1, 0.15) is 43.9 Å². The fraction of sp³-hybridized carbons (Fsp3) is 0.933. The second-order valence-corrected chi connectivity index (χ2v) is 14.3. The maximum Gasteiger partial charge on any atom is 1.00 e. The van der Waals surface area contributed by atoms with Crippen LogP contribution >= 0.6 is 0 Å². The molecule has 14 heteroatoms. The molecule has 0 N–H and O–H groups in total. The van der Waals surface area contributed by atoms with Crippen LogP contribution in [-0.4, -0.2) is 61.6 Å². The molecule has 2 atom stereocenters. The van der Waals surface area contributed by atoms with Gasteiger partial charge in [0.05, 0.1) is 0 Å². The summed E-state index contributed by atoms with van der Waals surface area (Å²) in [6, 6.07) is 0. The van der Waals surface area contributed by atoms with E-state index in [0.717, 1.165) is 51.4 Å². The van der Waals surface area contributed by atoms with Crippen molar-refractivity contribution in [2.75, 3.05) is 13.2 Å². The molecule has 0 aromatic carbocycles. The van der Waals surface area contributed by atoms with Gasteiger partial charge in [-0.25, -0.2) is 16.8 Å². The number of unbranched alkanes of at least 4 members (excludes halogenated alkanes) is 18. The van der Waals surface area contributed by atoms with E-state index in [2.05, 4.69) is 13.8 Å². The fourth-order valence-electron chi connectivity index (χ4n) is 4.86. The Labute approximate surface area is 312 Å². The Morgan fingerprint density at radius 3 is 0.932 bits per heavy atom. The van der Waals surface area contributed by atoms with Gasteiger partial charge in [-0.1, -0.05) is 142 Å². The molecule has 44 heavy (non-hydrogen) atoms. The maximum absolute atomic E-state index is 12.2. The van der Waals surface area contributed by atoms with Gasteiger partial charge in [0.15, 0.2) is 0 Å². The van der Waals surface area contributed by atoms with Crippen LogP contribution in [0.5, 0.6) is 0 Å². The van der Waals surface area contributed by atoms with Gasteiger partial charge < -0.3 is 18.6 Å². The molecule has 0 amide bonds. The minimum atomic E-state index is -4.94. The van der Waals surface area contributed by atoms with E-state index < -0.39 is 55.9 Å². The third-order valence-electron chi connectivity index (χ3n) is 7.43. The molecule has 250 valence electrons. The molecule has 2 unspecified atom stereocenters. The molecule has 0 aromatic heterocycles. The van der Waals surface area contributed by atoms with E-state index in [4.69, 9.17) is 9.47 Å². The average molecular weight is 687 g/mol. The number of carbonyl (C=O) groups excluding carboxylic acids is 2. The van der Waals surface area contributed by atoms with Gasteiger partial charge in [-0.2, -0.15) is 0 Å². The zero-order valence-electron chi connectivity index (χ0n) is 28.0. The van der Waals surface area contributed by atoms with Crippen molar-refractivity contribution >= 4 is 32.2 Å². The summed E-state index contributed by atoms with van der Waals surface area (Å²) < 4.78 is 79.3. The van der Waals surface area contributed by atoms with Crippen molar-refractivity contribution in [3.05, 3.63) is 0 Å². The summed E-state index contributed by atoms with van der Waals surface area (Å²) in [5, 5.41) is -3.71. The van der Waals surface area contributed by atoms with Crippen molar-refractivity contribution in [3.8, 4) is 0 Å². The van der Waals surface area contributed by atoms with Crippen molar-refractivity contribution in [2.45, 2.75) is 166 Å². The van der Waals surface area contributed by atoms with Gasteiger partial charge in [-0.15, -0.1) is 0 Å². The van der Waals surface area contributed by atoms with E-state index >= 15 is 0 Å². The Morgan fingerprint density at radius 2 is 0.705 bits per heavy atom. The maximum atomic E-state index is 12.2. The van der Waals surface area contributed by atoms with Crippen LogP contribution in [-0.2, 0) is 39.3 Å². The molecule has 0 fully saturated rings. The van der Waals surface area contributed by atoms with Crippen molar-refractivity contribution in [2.24, 2.45) is 0 Å². The predicted octanol–water partition coefficient (Wildman–Crippen LogP) is 0.530. The van der Waals surface area contributed by atoms with E-state index in [0.29, 0.717) is 25.7 Å². The topological polar surface area (TPSA) is 167 Å². The molecule has 0 aromatic rings. The van der Waals surface area contributed by atoms with Gasteiger partial charge in [0.2, 0.25) is 0 Å². The third kappa shape index (κ3) is 27.8. The number of rotatable bonds is 29. The molecule has 10 nitrogen and oxygen atoms in total. The molecule has 0 heterocycles. The summed E-state index contributed by atoms with van der Waals surface area (Å²) >= 11 is 0. The van der Waals surface area contributed by atoms with Crippen LogP contribution in [0.25, 0.3) is 0 Å². The molecule has 0 spiro atoms. The van der Waals surface area contributed by atoms with Crippen LogP contribution in [0.3, 0.4) is 0 Å². The summed E-state index contributed by atoms with van der Waals surface area (Å²) in [6.45, 7) is 3.22. The summed E-state index contributed by atoms with van der Waals surface area (Å²) in [5.41, 5.74) is 0. The summed E-state index contributed by atoms with van der Waals surface area (Å²) in [7, 11) is -9.88. The molecule has 0 bridgehead atoms. The second kappa shape index (κ2) is 31.1. The van der Waals surface area contributed by atoms with Gasteiger partial charge in [0.25, 0.3) is 0 Å². The first kappa shape index (κ1) is 49.2. The SMILES string of the molecule is CCCCCCCCCCCCC(C(=O)OCCOC(=O)C(CCCCCCCCCCCC)S(=O)(=O)[O-])S(=O)(=O)[O-].[Na+].[Na+]. The van der Waals surface area contributed by atoms with Crippen LogP contribution in [0.1, 0.15) is 155 Å². The Kier molecular flexibility index (Phi) is 34.7. The smallest absolute Gasteiger partial charge is 0.747 e. The summed E-state index contributed by atoms with van der Waals surface area (Å²) in [6.07, 6.45) is 19.9. The number of hydrogen-bond acceptors (Lipinski definition) is 10. The number of ether oxygens (including phenoxy) is 2. The van der Waals surface area contributed by atoms with E-state index in [9.17, 15) is 35.5 Å². The predicted molar refractivity (Wildman–Crippen MR) is 162 cm³/mol. The summed E-state index contributed by atoms with van der Waals surface area (Å²) in [5.74, 6) is -2.45. The van der Waals surface area contributed by atoms with Crippen LogP contribution in [0.15, 0.2) is 0 Å². The van der Waals surface area contributed by atoms with E-state index in [1.165, 1.54) is 51.4 Å². The first-order valence-electron chi connectivity index (χ1n) is 16.2. The number of esters is 2. The first-order valence-corrected chi connectivity index (χ1v) is 19.1. The number of hydrogen-bond donors (Lipinski definition) is 0. The van der Waals surface area contributed by atoms with Gasteiger partial charge in [0, 0.05) is 0 Å². The van der Waals surface area contributed by atoms with Crippen molar-refractivity contribution in [3.63, 3.8) is 0 Å². The minimum Gasteiger partial charge on any atom is -0.747 e. The van der Waals surface area contributed by atoms with Crippen molar-refractivity contribution < 1.29 is 104 Å². The van der Waals surface area contributed by atoms with Crippen LogP contribution in [0, 0.1) is 0 Å². The van der Waals surface area contributed by atoms with Crippen molar-refractivity contribution in [1.29, 1.82) is 0 Å². The second-order valence-electron chi connectivity index (χ2n) is 11.2. The number of carbonyl (C=O) groups is 2. The monoisotopic (exact) mass is 686 g/mol. The van der Waals surface area contributed by atoms with Gasteiger partial charge in [-0.05, 0) is 12.8 Å². The molecule has 0 saturated heterocycles. The van der Waals surface area contributed by atoms with E-state index in [-0.39, 0.29) is 72.0 Å². The molecule has 0 radical (unpaired) electrons. The Bertz CT molecular complexity index is 841. The van der Waals surface area contributed by atoms with Gasteiger partial charge in [-0.3, -0.25) is 9.59 Å². The molecule has 0 aliphatic carbocycles. The minimum absolute atomic E-state index is 0. The average Bonchev–Trinajstić information content (AvgIpc) is 2.91. The summed E-state index contributed by atoms with van der Waals surface area (Å²) in [4.78, 5) is 24.5. The quantitative estimate of drug-likeness (QED) is 0.0469. The third-order valence-corrected chi connectivity index (χ3v) is 9.68. The van der Waals surface area contributed by atoms with Crippen LogP contribution in [0.4, 0.5) is 0 Å². The molecular weight excluding hydrogens is 630 g/mol. The largest absolute Gasteiger partial charge is 1.00 e. The molecule has 0 aliphatic rings. The van der Waals surface area contributed by atoms with Crippen LogP contribution < -0.4 is 59.1 Å². The molecule has 0 saturated carbocycles. The van der Waals surface area contributed by atoms with Crippen molar-refractivity contribution in [1.82, 2.24) is 0 Å². The Hall–Kier alpha value is 0.760. The zero-order chi connectivity index (χ0) is 31.7. The first-order chi connectivity index (χ1) is 19.9. The van der Waals surface area contributed by atoms with Crippen LogP contribution in [0.2, 0.25) is 0 Å².